The van der Waals surface area contributed by atoms with Crippen LogP contribution in [0.4, 0.5) is 0 Å². The van der Waals surface area contributed by atoms with E-state index in [9.17, 15) is 0 Å². The van der Waals surface area contributed by atoms with Gasteiger partial charge in [-0.25, -0.2) is 0 Å². The maximum absolute atomic E-state index is 2.41. The fourth-order valence-electron chi connectivity index (χ4n) is 16.3. The molecule has 0 nitrogen and oxygen atoms in total. The largest absolute Gasteiger partial charge is 2.00 e. The zero-order valence-electron chi connectivity index (χ0n) is 70.0. The maximum atomic E-state index is 2.41. The quantitative estimate of drug-likeness (QED) is 0.0265. The van der Waals surface area contributed by atoms with E-state index in [0.29, 0.717) is 0 Å². The van der Waals surface area contributed by atoms with E-state index >= 15 is 0 Å². The van der Waals surface area contributed by atoms with Gasteiger partial charge in [0.2, 0.25) is 0 Å². The standard InChI is InChI=1S/2C55H65.Sr/c2*1-6-11-16-41-21-31-46(32-22-41)51-52(47-33-23-42(24-34-47)17-12-7-2)54(49-37-27-44(28-38-49)19-14-9-4)55(50-39-29-45(30-40-50)20-15-10-5)53(51)48-35-25-43(26-36-48)18-13-8-3;/h2*21-40H,6-20H2,1-5H3;/q2*-1;+2. The summed E-state index contributed by atoms with van der Waals surface area (Å²) in [5.41, 5.74) is 40.6. The summed E-state index contributed by atoms with van der Waals surface area (Å²) in [5.74, 6) is 0. The van der Waals surface area contributed by atoms with Crippen LogP contribution in [0.1, 0.15) is 253 Å². The molecule has 0 heterocycles. The molecule has 0 aromatic heterocycles. The van der Waals surface area contributed by atoms with Crippen molar-refractivity contribution in [2.75, 3.05) is 0 Å². The molecule has 0 radical (unpaired) electrons. The van der Waals surface area contributed by atoms with Crippen LogP contribution in [-0.4, -0.2) is 45.5 Å². The van der Waals surface area contributed by atoms with Crippen molar-refractivity contribution in [2.45, 2.75) is 262 Å². The summed E-state index contributed by atoms with van der Waals surface area (Å²) < 4.78 is 0. The summed E-state index contributed by atoms with van der Waals surface area (Å²) >= 11 is 0. The van der Waals surface area contributed by atoms with E-state index in [0.717, 1.165) is 64.2 Å². The third kappa shape index (κ3) is 22.9. The number of hydrogen-bond acceptors (Lipinski definition) is 0. The molecule has 0 fully saturated rings. The molecular weight excluding hydrogens is 1410 g/mol. The summed E-state index contributed by atoms with van der Waals surface area (Å²) in [6.07, 6.45) is 35.6. The summed E-state index contributed by atoms with van der Waals surface area (Å²) in [6, 6.07) is 95.9. The molecule has 0 N–H and O–H groups in total. The molecule has 0 aliphatic rings. The number of unbranched alkanes of at least 4 members (excludes halogenated alkanes) is 10. The van der Waals surface area contributed by atoms with Crippen molar-refractivity contribution in [1.29, 1.82) is 0 Å². The third-order valence-corrected chi connectivity index (χ3v) is 23.1. The van der Waals surface area contributed by atoms with Gasteiger partial charge >= 0.3 is 45.5 Å². The summed E-state index contributed by atoms with van der Waals surface area (Å²) in [6.45, 7) is 22.9. The van der Waals surface area contributed by atoms with E-state index in [1.54, 1.807) is 0 Å². The molecule has 0 amide bonds. The van der Waals surface area contributed by atoms with E-state index in [4.69, 9.17) is 0 Å². The molecule has 0 saturated heterocycles. The normalized spacial score (nSPS) is 11.3. The first-order chi connectivity index (χ1) is 54.2. The van der Waals surface area contributed by atoms with Gasteiger partial charge in [-0.05, 0) is 195 Å². The minimum Gasteiger partial charge on any atom is -0.0996 e. The van der Waals surface area contributed by atoms with Crippen molar-refractivity contribution in [1.82, 2.24) is 0 Å². The SMILES string of the molecule is CCCCc1ccc(-c2c(-c3ccc(CCCC)cc3)c(-c3ccc(CCCC)cc3)[c-](-c3ccc(CCCC)cc3)c2-c2ccc(CCCC)cc2)cc1.CCCCc1ccc(-c2c(-c3ccc(CCCC)cc3)c(-c3ccc(CCCC)cc3)[c-](-c3ccc(CCCC)cc3)c2-c2ccc(CCCC)cc2)cc1.[Sr+2]. The number of aryl methyl sites for hydroxylation is 10. The Morgan fingerprint density at radius 2 is 0.270 bits per heavy atom. The van der Waals surface area contributed by atoms with E-state index in [1.165, 1.54) is 295 Å². The molecule has 12 rings (SSSR count). The van der Waals surface area contributed by atoms with Crippen LogP contribution in [0.25, 0.3) is 111 Å². The number of benzene rings is 10. The second-order valence-electron chi connectivity index (χ2n) is 31.8. The summed E-state index contributed by atoms with van der Waals surface area (Å²) in [5, 5.41) is 0. The molecule has 0 bridgehead atoms. The first kappa shape index (κ1) is 85.8. The van der Waals surface area contributed by atoms with Crippen molar-refractivity contribution in [3.63, 3.8) is 0 Å². The van der Waals surface area contributed by atoms with E-state index < -0.39 is 0 Å². The average molecular weight is 1540 g/mol. The fourth-order valence-corrected chi connectivity index (χ4v) is 16.3. The predicted octanol–water partition coefficient (Wildman–Crippen LogP) is 32.5. The Bertz CT molecular complexity index is 3610. The smallest absolute Gasteiger partial charge is 0.0996 e. The molecule has 0 aliphatic carbocycles. The van der Waals surface area contributed by atoms with Gasteiger partial charge in [0.1, 0.15) is 0 Å². The van der Waals surface area contributed by atoms with Crippen molar-refractivity contribution < 1.29 is 0 Å². The van der Waals surface area contributed by atoms with Gasteiger partial charge in [-0.1, -0.05) is 476 Å². The molecule has 12 aromatic rings. The van der Waals surface area contributed by atoms with Crippen LogP contribution in [0.15, 0.2) is 243 Å². The first-order valence-electron chi connectivity index (χ1n) is 43.8. The minimum atomic E-state index is 0. The fraction of sp³-hybridized carbons (Fsp3) is 0.364. The van der Waals surface area contributed by atoms with Gasteiger partial charge in [-0.2, -0.15) is 0 Å². The molecule has 0 saturated carbocycles. The van der Waals surface area contributed by atoms with Crippen LogP contribution in [0.3, 0.4) is 0 Å². The monoisotopic (exact) mass is 1540 g/mol. The van der Waals surface area contributed by atoms with Crippen molar-refractivity contribution in [2.24, 2.45) is 0 Å². The van der Waals surface area contributed by atoms with Gasteiger partial charge < -0.3 is 0 Å². The van der Waals surface area contributed by atoms with E-state index in [2.05, 4.69) is 312 Å². The Balaban J connectivity index is 0.000000234. The Kier molecular flexibility index (Phi) is 35.0. The third-order valence-electron chi connectivity index (χ3n) is 23.1. The Labute approximate surface area is 710 Å². The van der Waals surface area contributed by atoms with Crippen LogP contribution in [0.2, 0.25) is 0 Å². The zero-order chi connectivity index (χ0) is 76.8. The van der Waals surface area contributed by atoms with Crippen LogP contribution < -0.4 is 0 Å². The molecule has 572 valence electrons. The Morgan fingerprint density at radius 1 is 0.153 bits per heavy atom. The molecule has 12 aromatic carbocycles. The molecular formula is C110H130Sr. The second-order valence-corrected chi connectivity index (χ2v) is 31.8. The molecule has 0 spiro atoms. The van der Waals surface area contributed by atoms with Crippen LogP contribution in [0, 0.1) is 0 Å². The van der Waals surface area contributed by atoms with Gasteiger partial charge in [0.05, 0.1) is 0 Å². The number of rotatable bonds is 40. The van der Waals surface area contributed by atoms with Gasteiger partial charge in [0.25, 0.3) is 0 Å². The zero-order valence-corrected chi connectivity index (χ0v) is 73.5. The van der Waals surface area contributed by atoms with Crippen molar-refractivity contribution >= 4 is 45.5 Å². The summed E-state index contributed by atoms with van der Waals surface area (Å²) in [4.78, 5) is 0. The number of hydrogen-bond donors (Lipinski definition) is 0. The van der Waals surface area contributed by atoms with Crippen LogP contribution in [0.5, 0.6) is 0 Å². The predicted molar refractivity (Wildman–Crippen MR) is 490 cm³/mol. The molecule has 0 atom stereocenters. The molecule has 1 heteroatoms. The second kappa shape index (κ2) is 45.3. The van der Waals surface area contributed by atoms with E-state index in [1.807, 2.05) is 0 Å². The van der Waals surface area contributed by atoms with Gasteiger partial charge in [0.15, 0.2) is 0 Å². The molecule has 0 aliphatic heterocycles. The van der Waals surface area contributed by atoms with E-state index in [-0.39, 0.29) is 45.5 Å². The van der Waals surface area contributed by atoms with Gasteiger partial charge in [-0.3, -0.25) is 0 Å². The van der Waals surface area contributed by atoms with Gasteiger partial charge in [0, 0.05) is 0 Å². The molecule has 111 heavy (non-hydrogen) atoms. The van der Waals surface area contributed by atoms with Crippen LogP contribution >= 0.6 is 0 Å². The van der Waals surface area contributed by atoms with Gasteiger partial charge in [-0.15, -0.1) is 0 Å². The topological polar surface area (TPSA) is 0 Å². The van der Waals surface area contributed by atoms with Crippen LogP contribution in [-0.2, 0) is 64.2 Å². The average Bonchev–Trinajstić information content (AvgIpc) is 1.58. The summed E-state index contributed by atoms with van der Waals surface area (Å²) in [7, 11) is 0. The van der Waals surface area contributed by atoms with Crippen molar-refractivity contribution in [3.05, 3.63) is 298 Å². The Morgan fingerprint density at radius 3 is 0.396 bits per heavy atom. The Hall–Kier alpha value is -7.62. The molecule has 0 unspecified atom stereocenters. The minimum absolute atomic E-state index is 0. The van der Waals surface area contributed by atoms with Crippen molar-refractivity contribution in [3.8, 4) is 111 Å². The first-order valence-corrected chi connectivity index (χ1v) is 43.8. The maximum Gasteiger partial charge on any atom is 2.00 e.